The first-order chi connectivity index (χ1) is 10.1. The molecule has 1 heterocycles. The Morgan fingerprint density at radius 1 is 0.952 bits per heavy atom. The Kier molecular flexibility index (Phi) is 3.85. The molecule has 0 aliphatic carbocycles. The monoisotopic (exact) mass is 389 g/mol. The van der Waals surface area contributed by atoms with E-state index in [2.05, 4.69) is 60.7 Å². The molecule has 0 aliphatic rings. The van der Waals surface area contributed by atoms with E-state index in [-0.39, 0.29) is 0 Å². The molecule has 0 bridgehead atoms. The van der Waals surface area contributed by atoms with Crippen LogP contribution in [-0.2, 0) is 0 Å². The first kappa shape index (κ1) is 14.3. The largest absolute Gasteiger partial charge is 0.354 e. The van der Waals surface area contributed by atoms with E-state index in [0.29, 0.717) is 0 Å². The van der Waals surface area contributed by atoms with E-state index in [1.165, 1.54) is 22.3 Å². The SMILES string of the molecule is Cc1cc(C)c(-c2noc(-c3ccccc3)c2I)c(C)c1. The lowest BCUT2D eigenvalue weighted by atomic mass is 9.97. The number of benzene rings is 2. The second-order valence-corrected chi connectivity index (χ2v) is 6.39. The van der Waals surface area contributed by atoms with Gasteiger partial charge in [-0.2, -0.15) is 0 Å². The van der Waals surface area contributed by atoms with Crippen molar-refractivity contribution in [3.8, 4) is 22.6 Å². The maximum atomic E-state index is 5.62. The smallest absolute Gasteiger partial charge is 0.180 e. The third-order valence-electron chi connectivity index (χ3n) is 3.59. The average molecular weight is 389 g/mol. The van der Waals surface area contributed by atoms with Crippen molar-refractivity contribution >= 4 is 22.6 Å². The zero-order valence-corrected chi connectivity index (χ0v) is 14.4. The number of hydrogen-bond donors (Lipinski definition) is 0. The van der Waals surface area contributed by atoms with Gasteiger partial charge in [0, 0.05) is 11.1 Å². The van der Waals surface area contributed by atoms with Gasteiger partial charge in [-0.15, -0.1) is 0 Å². The summed E-state index contributed by atoms with van der Waals surface area (Å²) < 4.78 is 6.68. The van der Waals surface area contributed by atoms with Crippen LogP contribution in [0.1, 0.15) is 16.7 Å². The quantitative estimate of drug-likeness (QED) is 0.538. The highest BCUT2D eigenvalue weighted by Gasteiger charge is 2.19. The highest BCUT2D eigenvalue weighted by Crippen LogP contribution is 2.36. The Balaban J connectivity index is 2.16. The van der Waals surface area contributed by atoms with Crippen LogP contribution in [0.5, 0.6) is 0 Å². The summed E-state index contributed by atoms with van der Waals surface area (Å²) in [6.07, 6.45) is 0. The fraction of sp³-hybridized carbons (Fsp3) is 0.167. The van der Waals surface area contributed by atoms with Gasteiger partial charge in [-0.05, 0) is 54.5 Å². The zero-order chi connectivity index (χ0) is 15.0. The van der Waals surface area contributed by atoms with Gasteiger partial charge in [0.25, 0.3) is 0 Å². The molecular weight excluding hydrogens is 373 g/mol. The highest BCUT2D eigenvalue weighted by molar-refractivity contribution is 14.1. The van der Waals surface area contributed by atoms with Crippen molar-refractivity contribution in [1.29, 1.82) is 0 Å². The number of rotatable bonds is 2. The van der Waals surface area contributed by atoms with E-state index >= 15 is 0 Å². The van der Waals surface area contributed by atoms with Crippen LogP contribution in [-0.4, -0.2) is 5.16 Å². The van der Waals surface area contributed by atoms with E-state index in [1.54, 1.807) is 0 Å². The van der Waals surface area contributed by atoms with E-state index in [1.807, 2.05) is 30.3 Å². The predicted octanol–water partition coefficient (Wildman–Crippen LogP) is 5.54. The molecule has 0 spiro atoms. The van der Waals surface area contributed by atoms with Gasteiger partial charge in [0.05, 0.1) is 3.57 Å². The third kappa shape index (κ3) is 2.62. The molecule has 0 atom stereocenters. The molecule has 0 amide bonds. The maximum Gasteiger partial charge on any atom is 0.180 e. The molecule has 3 rings (SSSR count). The molecule has 21 heavy (non-hydrogen) atoms. The Hall–Kier alpha value is -1.62. The Morgan fingerprint density at radius 2 is 1.57 bits per heavy atom. The van der Waals surface area contributed by atoms with Crippen molar-refractivity contribution in [3.63, 3.8) is 0 Å². The van der Waals surface area contributed by atoms with Gasteiger partial charge in [-0.1, -0.05) is 53.2 Å². The molecule has 2 nitrogen and oxygen atoms in total. The van der Waals surface area contributed by atoms with Crippen molar-refractivity contribution in [1.82, 2.24) is 5.16 Å². The minimum atomic E-state index is 0.838. The molecule has 0 N–H and O–H groups in total. The van der Waals surface area contributed by atoms with Gasteiger partial charge in [0.1, 0.15) is 5.69 Å². The summed E-state index contributed by atoms with van der Waals surface area (Å²) >= 11 is 2.33. The van der Waals surface area contributed by atoms with Gasteiger partial charge < -0.3 is 4.52 Å². The molecule has 0 aliphatic heterocycles. The van der Waals surface area contributed by atoms with Crippen LogP contribution in [0.2, 0.25) is 0 Å². The van der Waals surface area contributed by atoms with Crippen LogP contribution < -0.4 is 0 Å². The standard InChI is InChI=1S/C18H16INO/c1-11-9-12(2)15(13(3)10-11)17-16(19)18(21-20-17)14-7-5-4-6-8-14/h4-10H,1-3H3. The number of nitrogens with zero attached hydrogens (tertiary/aromatic N) is 1. The van der Waals surface area contributed by atoms with E-state index in [4.69, 9.17) is 4.52 Å². The van der Waals surface area contributed by atoms with Crippen molar-refractivity contribution in [3.05, 3.63) is 62.7 Å². The summed E-state index contributed by atoms with van der Waals surface area (Å²) in [5.41, 5.74) is 6.91. The summed E-state index contributed by atoms with van der Waals surface area (Å²) in [4.78, 5) is 0. The van der Waals surface area contributed by atoms with Crippen LogP contribution in [0.4, 0.5) is 0 Å². The Labute approximate surface area is 138 Å². The van der Waals surface area contributed by atoms with Crippen molar-refractivity contribution < 1.29 is 4.52 Å². The van der Waals surface area contributed by atoms with Gasteiger partial charge in [-0.25, -0.2) is 0 Å². The lowest BCUT2D eigenvalue weighted by molar-refractivity contribution is 0.434. The first-order valence-electron chi connectivity index (χ1n) is 6.86. The number of aryl methyl sites for hydroxylation is 3. The summed E-state index contributed by atoms with van der Waals surface area (Å²) in [7, 11) is 0. The van der Waals surface area contributed by atoms with Crippen LogP contribution in [0.3, 0.4) is 0 Å². The fourth-order valence-corrected chi connectivity index (χ4v) is 3.53. The molecule has 0 saturated heterocycles. The molecule has 0 fully saturated rings. The number of aromatic nitrogens is 1. The molecule has 2 aromatic carbocycles. The first-order valence-corrected chi connectivity index (χ1v) is 7.94. The summed E-state index contributed by atoms with van der Waals surface area (Å²) in [6.45, 7) is 6.37. The van der Waals surface area contributed by atoms with Gasteiger partial charge >= 0.3 is 0 Å². The Bertz CT molecular complexity index is 767. The minimum absolute atomic E-state index is 0.838. The van der Waals surface area contributed by atoms with Crippen LogP contribution in [0.25, 0.3) is 22.6 Å². The summed E-state index contributed by atoms with van der Waals surface area (Å²) in [5, 5.41) is 4.33. The van der Waals surface area contributed by atoms with E-state index in [0.717, 1.165) is 20.6 Å². The van der Waals surface area contributed by atoms with Gasteiger partial charge in [-0.3, -0.25) is 0 Å². The molecule has 3 aromatic rings. The Morgan fingerprint density at radius 3 is 2.19 bits per heavy atom. The topological polar surface area (TPSA) is 26.0 Å². The lowest BCUT2D eigenvalue weighted by Crippen LogP contribution is -1.92. The zero-order valence-electron chi connectivity index (χ0n) is 12.3. The number of hydrogen-bond acceptors (Lipinski definition) is 2. The van der Waals surface area contributed by atoms with Gasteiger partial charge in [0.15, 0.2) is 5.76 Å². The lowest BCUT2D eigenvalue weighted by Gasteiger charge is -2.09. The normalized spacial score (nSPS) is 10.9. The molecule has 3 heteroatoms. The summed E-state index contributed by atoms with van der Waals surface area (Å²) in [5.74, 6) is 0.838. The maximum absolute atomic E-state index is 5.62. The molecule has 0 radical (unpaired) electrons. The fourth-order valence-electron chi connectivity index (χ4n) is 2.76. The van der Waals surface area contributed by atoms with Crippen molar-refractivity contribution in [2.75, 3.05) is 0 Å². The average Bonchev–Trinajstić information content (AvgIpc) is 2.81. The summed E-state index contributed by atoms with van der Waals surface area (Å²) in [6, 6.07) is 14.5. The molecular formula is C18H16INO. The second kappa shape index (κ2) is 5.64. The molecule has 106 valence electrons. The van der Waals surface area contributed by atoms with Crippen molar-refractivity contribution in [2.45, 2.75) is 20.8 Å². The van der Waals surface area contributed by atoms with E-state index < -0.39 is 0 Å². The van der Waals surface area contributed by atoms with E-state index in [9.17, 15) is 0 Å². The second-order valence-electron chi connectivity index (χ2n) is 5.31. The predicted molar refractivity (Wildman–Crippen MR) is 94.3 cm³/mol. The van der Waals surface area contributed by atoms with Crippen LogP contribution in [0.15, 0.2) is 47.0 Å². The van der Waals surface area contributed by atoms with Gasteiger partial charge in [0.2, 0.25) is 0 Å². The number of halogens is 1. The molecule has 0 saturated carbocycles. The van der Waals surface area contributed by atoms with Crippen molar-refractivity contribution in [2.24, 2.45) is 0 Å². The molecule has 1 aromatic heterocycles. The third-order valence-corrected chi connectivity index (χ3v) is 4.59. The minimum Gasteiger partial charge on any atom is -0.354 e. The van der Waals surface area contributed by atoms with Crippen LogP contribution >= 0.6 is 22.6 Å². The molecule has 0 unspecified atom stereocenters. The highest BCUT2D eigenvalue weighted by atomic mass is 127. The van der Waals surface area contributed by atoms with Crippen LogP contribution in [0, 0.1) is 24.3 Å².